The minimum Gasteiger partial charge on any atom is -0.483 e. The van der Waals surface area contributed by atoms with Crippen LogP contribution in [-0.4, -0.2) is 35.9 Å². The van der Waals surface area contributed by atoms with E-state index in [4.69, 9.17) is 27.9 Å². The fourth-order valence-corrected chi connectivity index (χ4v) is 4.94. The summed E-state index contributed by atoms with van der Waals surface area (Å²) in [6.07, 6.45) is 0.327. The van der Waals surface area contributed by atoms with Crippen LogP contribution in [0.25, 0.3) is 0 Å². The van der Waals surface area contributed by atoms with Gasteiger partial charge in [-0.15, -0.1) is 0 Å². The minimum atomic E-state index is -0.794. The van der Waals surface area contributed by atoms with Gasteiger partial charge in [0, 0.05) is 35.1 Å². The van der Waals surface area contributed by atoms with E-state index in [1.165, 1.54) is 4.90 Å². The largest absolute Gasteiger partial charge is 0.483 e. The molecule has 5 nitrogen and oxygen atoms in total. The van der Waals surface area contributed by atoms with Crippen molar-refractivity contribution < 1.29 is 14.3 Å². The number of amides is 2. The highest BCUT2D eigenvalue weighted by atomic mass is 79.9. The average molecular weight is 606 g/mol. The van der Waals surface area contributed by atoms with Crippen molar-refractivity contribution in [3.05, 3.63) is 97.9 Å². The molecule has 0 fully saturated rings. The Morgan fingerprint density at radius 2 is 1.68 bits per heavy atom. The molecule has 0 spiro atoms. The van der Waals surface area contributed by atoms with Gasteiger partial charge in [-0.3, -0.25) is 9.59 Å². The van der Waals surface area contributed by atoms with Gasteiger partial charge in [0.1, 0.15) is 11.8 Å². The zero-order valence-corrected chi connectivity index (χ0v) is 24.2. The summed E-state index contributed by atoms with van der Waals surface area (Å²) < 4.78 is 6.68. The molecule has 0 saturated carbocycles. The summed E-state index contributed by atoms with van der Waals surface area (Å²) in [5.74, 6) is 0.290. The number of benzene rings is 3. The van der Waals surface area contributed by atoms with Crippen LogP contribution in [0.1, 0.15) is 43.4 Å². The smallest absolute Gasteiger partial charge is 0.261 e. The third-order valence-corrected chi connectivity index (χ3v) is 7.31. The number of carbonyl (C=O) groups excluding carboxylic acids is 2. The number of nitrogens with one attached hydrogen (secondary N) is 1. The van der Waals surface area contributed by atoms with Crippen molar-refractivity contribution in [1.29, 1.82) is 0 Å². The molecule has 0 radical (unpaired) electrons. The molecular formula is C29H31BrCl2N2O3. The van der Waals surface area contributed by atoms with Crippen molar-refractivity contribution in [2.24, 2.45) is 0 Å². The van der Waals surface area contributed by atoms with Crippen LogP contribution >= 0.6 is 39.1 Å². The fourth-order valence-electron chi connectivity index (χ4n) is 3.92. The van der Waals surface area contributed by atoms with E-state index in [-0.39, 0.29) is 25.0 Å². The van der Waals surface area contributed by atoms with Gasteiger partial charge < -0.3 is 15.0 Å². The molecule has 1 N–H and O–H groups in total. The first-order valence-electron chi connectivity index (χ1n) is 12.2. The molecule has 0 bridgehead atoms. The van der Waals surface area contributed by atoms with E-state index >= 15 is 0 Å². The molecule has 2 amide bonds. The van der Waals surface area contributed by atoms with Gasteiger partial charge in [-0.1, -0.05) is 79.5 Å². The van der Waals surface area contributed by atoms with Crippen LogP contribution in [-0.2, 0) is 22.6 Å². The summed E-state index contributed by atoms with van der Waals surface area (Å²) in [7, 11) is 0. The van der Waals surface area contributed by atoms with E-state index in [0.29, 0.717) is 40.2 Å². The Bertz CT molecular complexity index is 1200. The van der Waals surface area contributed by atoms with Gasteiger partial charge >= 0.3 is 0 Å². The maximum absolute atomic E-state index is 13.7. The SMILES string of the molecule is CCNC(=O)[C@@H](Cc1ccccc1)N(Cc1c(Cl)cccc1Cl)C(=O)COc1ccc(C(C)C)cc1Br. The van der Waals surface area contributed by atoms with Gasteiger partial charge in [0.2, 0.25) is 5.91 Å². The predicted molar refractivity (Wildman–Crippen MR) is 153 cm³/mol. The number of nitrogens with zero attached hydrogens (tertiary/aromatic N) is 1. The summed E-state index contributed by atoms with van der Waals surface area (Å²) in [5, 5.41) is 3.72. The molecule has 0 aliphatic carbocycles. The maximum atomic E-state index is 13.7. The van der Waals surface area contributed by atoms with Gasteiger partial charge in [-0.25, -0.2) is 0 Å². The first-order valence-corrected chi connectivity index (χ1v) is 13.7. The highest BCUT2D eigenvalue weighted by molar-refractivity contribution is 9.10. The lowest BCUT2D eigenvalue weighted by molar-refractivity contribution is -0.142. The molecule has 37 heavy (non-hydrogen) atoms. The lowest BCUT2D eigenvalue weighted by Gasteiger charge is -2.32. The van der Waals surface area contributed by atoms with Gasteiger partial charge in [0.05, 0.1) is 4.47 Å². The molecule has 3 aromatic rings. The molecule has 3 aromatic carbocycles. The Hall–Kier alpha value is -2.54. The topological polar surface area (TPSA) is 58.6 Å². The van der Waals surface area contributed by atoms with E-state index < -0.39 is 6.04 Å². The lowest BCUT2D eigenvalue weighted by Crippen LogP contribution is -2.51. The molecule has 0 aromatic heterocycles. The molecule has 0 aliphatic heterocycles. The molecular weight excluding hydrogens is 575 g/mol. The number of rotatable bonds is 11. The number of carbonyl (C=O) groups is 2. The normalized spacial score (nSPS) is 11.8. The van der Waals surface area contributed by atoms with Crippen LogP contribution in [0.4, 0.5) is 0 Å². The van der Waals surface area contributed by atoms with Crippen LogP contribution < -0.4 is 10.1 Å². The molecule has 196 valence electrons. The summed E-state index contributed by atoms with van der Waals surface area (Å²) in [4.78, 5) is 28.5. The molecule has 0 heterocycles. The Kier molecular flexibility index (Phi) is 10.9. The number of hydrogen-bond donors (Lipinski definition) is 1. The third kappa shape index (κ3) is 7.97. The van der Waals surface area contributed by atoms with Crippen molar-refractivity contribution in [2.45, 2.75) is 45.7 Å². The van der Waals surface area contributed by atoms with E-state index in [9.17, 15) is 9.59 Å². The second-order valence-corrected chi connectivity index (χ2v) is 10.6. The summed E-state index contributed by atoms with van der Waals surface area (Å²) >= 11 is 16.5. The van der Waals surface area contributed by atoms with Crippen LogP contribution in [0, 0.1) is 0 Å². The van der Waals surface area contributed by atoms with Crippen molar-refractivity contribution in [3.63, 3.8) is 0 Å². The van der Waals surface area contributed by atoms with Crippen molar-refractivity contribution in [3.8, 4) is 5.75 Å². The Balaban J connectivity index is 1.93. The number of halogens is 3. The highest BCUT2D eigenvalue weighted by Crippen LogP contribution is 2.30. The number of likely N-dealkylation sites (N-methyl/N-ethyl adjacent to an activating group) is 1. The first kappa shape index (κ1) is 29.0. The van der Waals surface area contributed by atoms with Crippen molar-refractivity contribution in [1.82, 2.24) is 10.2 Å². The lowest BCUT2D eigenvalue weighted by atomic mass is 10.0. The quantitative estimate of drug-likeness (QED) is 0.255. The Labute approximate surface area is 237 Å². The van der Waals surface area contributed by atoms with Crippen LogP contribution in [0.5, 0.6) is 5.75 Å². The highest BCUT2D eigenvalue weighted by Gasteiger charge is 2.31. The molecule has 0 saturated heterocycles. The number of ether oxygens (including phenoxy) is 1. The molecule has 1 atom stereocenters. The summed E-state index contributed by atoms with van der Waals surface area (Å²) in [6.45, 7) is 6.30. The van der Waals surface area contributed by atoms with Crippen molar-refractivity contribution >= 4 is 50.9 Å². The van der Waals surface area contributed by atoms with E-state index in [1.807, 2.05) is 55.5 Å². The van der Waals surface area contributed by atoms with Crippen LogP contribution in [0.15, 0.2) is 71.2 Å². The Morgan fingerprint density at radius 3 is 2.27 bits per heavy atom. The van der Waals surface area contributed by atoms with Gasteiger partial charge in [0.25, 0.3) is 5.91 Å². The van der Waals surface area contributed by atoms with Gasteiger partial charge in [-0.05, 0) is 64.2 Å². The summed E-state index contributed by atoms with van der Waals surface area (Å²) in [6, 6.07) is 19.8. The average Bonchev–Trinajstić information content (AvgIpc) is 2.87. The molecule has 3 rings (SSSR count). The molecule has 0 unspecified atom stereocenters. The second-order valence-electron chi connectivity index (χ2n) is 8.96. The molecule has 0 aliphatic rings. The van der Waals surface area contributed by atoms with Crippen LogP contribution in [0.2, 0.25) is 10.0 Å². The fraction of sp³-hybridized carbons (Fsp3) is 0.310. The van der Waals surface area contributed by atoms with E-state index in [0.717, 1.165) is 15.6 Å². The standard InChI is InChI=1S/C29H31BrCl2N2O3/c1-4-33-29(36)26(15-20-9-6-5-7-10-20)34(17-22-24(31)11-8-12-25(22)32)28(35)18-37-27-14-13-21(19(2)3)16-23(27)30/h5-14,16,19,26H,4,15,17-18H2,1-3H3,(H,33,36)/t26-/m1/s1. The van der Waals surface area contributed by atoms with E-state index in [2.05, 4.69) is 35.1 Å². The zero-order chi connectivity index (χ0) is 26.9. The zero-order valence-electron chi connectivity index (χ0n) is 21.1. The predicted octanol–water partition coefficient (Wildman–Crippen LogP) is 7.03. The minimum absolute atomic E-state index is 0.0583. The van der Waals surface area contributed by atoms with E-state index in [1.54, 1.807) is 18.2 Å². The number of hydrogen-bond acceptors (Lipinski definition) is 3. The van der Waals surface area contributed by atoms with Gasteiger partial charge in [-0.2, -0.15) is 0 Å². The molecule has 8 heteroatoms. The maximum Gasteiger partial charge on any atom is 0.261 e. The second kappa shape index (κ2) is 13.8. The third-order valence-electron chi connectivity index (χ3n) is 5.99. The van der Waals surface area contributed by atoms with Crippen molar-refractivity contribution in [2.75, 3.05) is 13.2 Å². The van der Waals surface area contributed by atoms with Crippen LogP contribution in [0.3, 0.4) is 0 Å². The Morgan fingerprint density at radius 1 is 1.00 bits per heavy atom. The van der Waals surface area contributed by atoms with Gasteiger partial charge in [0.15, 0.2) is 6.61 Å². The summed E-state index contributed by atoms with van der Waals surface area (Å²) in [5.41, 5.74) is 2.65. The first-order chi connectivity index (χ1) is 17.7. The monoisotopic (exact) mass is 604 g/mol.